The molecule has 0 atom stereocenters. The van der Waals surface area contributed by atoms with Crippen LogP contribution in [0.15, 0.2) is 60.7 Å². The maximum Gasteiger partial charge on any atom is 0.143 e. The maximum atomic E-state index is 4.94. The van der Waals surface area contributed by atoms with Crippen molar-refractivity contribution in [2.45, 2.75) is 27.7 Å². The average Bonchev–Trinajstić information content (AvgIpc) is 2.98. The third-order valence-corrected chi connectivity index (χ3v) is 4.85. The smallest absolute Gasteiger partial charge is 0.143 e. The highest BCUT2D eigenvalue weighted by molar-refractivity contribution is 5.81. The van der Waals surface area contributed by atoms with Crippen molar-refractivity contribution in [2.24, 2.45) is 0 Å². The first-order valence-electron chi connectivity index (χ1n) is 8.93. The SMILES string of the molecule is Cc1cccc(-c2nc3cccc(C)n3c2Nc2c(C)cccc2C)c1. The van der Waals surface area contributed by atoms with Crippen molar-refractivity contribution in [3.05, 3.63) is 83.0 Å². The van der Waals surface area contributed by atoms with E-state index in [4.69, 9.17) is 4.98 Å². The minimum Gasteiger partial charge on any atom is -0.339 e. The van der Waals surface area contributed by atoms with E-state index in [1.165, 1.54) is 16.7 Å². The summed E-state index contributed by atoms with van der Waals surface area (Å²) in [5, 5.41) is 3.69. The van der Waals surface area contributed by atoms with Gasteiger partial charge >= 0.3 is 0 Å². The number of nitrogens with zero attached hydrogens (tertiary/aromatic N) is 2. The molecule has 0 amide bonds. The van der Waals surface area contributed by atoms with E-state index in [-0.39, 0.29) is 0 Å². The molecule has 2 heterocycles. The minimum atomic E-state index is 0.954. The fourth-order valence-electron chi connectivity index (χ4n) is 3.49. The number of fused-ring (bicyclic) bond motifs is 1. The van der Waals surface area contributed by atoms with Crippen LogP contribution in [0.4, 0.5) is 11.5 Å². The first-order valence-corrected chi connectivity index (χ1v) is 8.93. The normalized spacial score (nSPS) is 11.1. The summed E-state index contributed by atoms with van der Waals surface area (Å²) in [7, 11) is 0. The number of rotatable bonds is 3. The van der Waals surface area contributed by atoms with E-state index in [1.807, 2.05) is 0 Å². The second-order valence-corrected chi connectivity index (χ2v) is 6.93. The highest BCUT2D eigenvalue weighted by Gasteiger charge is 2.17. The van der Waals surface area contributed by atoms with Gasteiger partial charge in [0.1, 0.15) is 17.2 Å². The Morgan fingerprint density at radius 3 is 2.23 bits per heavy atom. The molecule has 0 saturated heterocycles. The molecule has 0 spiro atoms. The highest BCUT2D eigenvalue weighted by Crippen LogP contribution is 2.34. The second-order valence-electron chi connectivity index (χ2n) is 6.93. The Hall–Kier alpha value is -3.07. The molecule has 26 heavy (non-hydrogen) atoms. The molecule has 3 nitrogen and oxygen atoms in total. The van der Waals surface area contributed by atoms with Gasteiger partial charge in [0.25, 0.3) is 0 Å². The van der Waals surface area contributed by atoms with Crippen molar-refractivity contribution in [1.29, 1.82) is 0 Å². The van der Waals surface area contributed by atoms with Crippen LogP contribution in [0.1, 0.15) is 22.4 Å². The number of hydrogen-bond donors (Lipinski definition) is 1. The fraction of sp³-hybridized carbons (Fsp3) is 0.174. The number of hydrogen-bond acceptors (Lipinski definition) is 2. The minimum absolute atomic E-state index is 0.954. The maximum absolute atomic E-state index is 4.94. The van der Waals surface area contributed by atoms with E-state index < -0.39 is 0 Å². The first kappa shape index (κ1) is 16.4. The zero-order chi connectivity index (χ0) is 18.3. The van der Waals surface area contributed by atoms with Crippen molar-refractivity contribution in [1.82, 2.24) is 9.38 Å². The molecule has 2 aromatic carbocycles. The molecule has 1 N–H and O–H groups in total. The Labute approximate surface area is 154 Å². The van der Waals surface area contributed by atoms with Crippen LogP contribution in [0, 0.1) is 27.7 Å². The number of aryl methyl sites for hydroxylation is 4. The third kappa shape index (κ3) is 2.76. The lowest BCUT2D eigenvalue weighted by Gasteiger charge is -2.15. The molecule has 4 rings (SSSR count). The second kappa shape index (κ2) is 6.34. The predicted octanol–water partition coefficient (Wildman–Crippen LogP) is 5.98. The quantitative estimate of drug-likeness (QED) is 0.497. The molecule has 0 fully saturated rings. The Morgan fingerprint density at radius 1 is 0.808 bits per heavy atom. The lowest BCUT2D eigenvalue weighted by atomic mass is 10.1. The van der Waals surface area contributed by atoms with Gasteiger partial charge < -0.3 is 5.32 Å². The van der Waals surface area contributed by atoms with E-state index in [0.717, 1.165) is 34.1 Å². The van der Waals surface area contributed by atoms with Crippen molar-refractivity contribution in [3.63, 3.8) is 0 Å². The zero-order valence-electron chi connectivity index (χ0n) is 15.7. The number of imidazole rings is 1. The van der Waals surface area contributed by atoms with Gasteiger partial charge in [-0.1, -0.05) is 48.0 Å². The van der Waals surface area contributed by atoms with E-state index >= 15 is 0 Å². The Morgan fingerprint density at radius 2 is 1.50 bits per heavy atom. The van der Waals surface area contributed by atoms with Gasteiger partial charge in [-0.2, -0.15) is 0 Å². The van der Waals surface area contributed by atoms with E-state index in [2.05, 4.69) is 98.1 Å². The van der Waals surface area contributed by atoms with Crippen LogP contribution in [0.25, 0.3) is 16.9 Å². The fourth-order valence-corrected chi connectivity index (χ4v) is 3.49. The lowest BCUT2D eigenvalue weighted by molar-refractivity contribution is 1.09. The molecule has 0 bridgehead atoms. The molecule has 0 radical (unpaired) electrons. The summed E-state index contributed by atoms with van der Waals surface area (Å²) >= 11 is 0. The Bertz CT molecular complexity index is 1090. The molecule has 0 aliphatic heterocycles. The zero-order valence-corrected chi connectivity index (χ0v) is 15.7. The van der Waals surface area contributed by atoms with Crippen molar-refractivity contribution in [3.8, 4) is 11.3 Å². The first-order chi connectivity index (χ1) is 12.5. The summed E-state index contributed by atoms with van der Waals surface area (Å²) in [5.74, 6) is 1.01. The monoisotopic (exact) mass is 341 g/mol. The van der Waals surface area contributed by atoms with Crippen LogP contribution < -0.4 is 5.32 Å². The highest BCUT2D eigenvalue weighted by atomic mass is 15.1. The molecular weight excluding hydrogens is 318 g/mol. The van der Waals surface area contributed by atoms with E-state index in [1.54, 1.807) is 0 Å². The lowest BCUT2D eigenvalue weighted by Crippen LogP contribution is -2.02. The number of benzene rings is 2. The number of pyridine rings is 1. The Balaban J connectivity index is 1.98. The molecule has 0 unspecified atom stereocenters. The van der Waals surface area contributed by atoms with Crippen LogP contribution in [-0.4, -0.2) is 9.38 Å². The van der Waals surface area contributed by atoms with Crippen LogP contribution >= 0.6 is 0 Å². The van der Waals surface area contributed by atoms with Crippen LogP contribution in [0.2, 0.25) is 0 Å². The summed E-state index contributed by atoms with van der Waals surface area (Å²) in [6.45, 7) is 8.50. The molecule has 0 aliphatic carbocycles. The van der Waals surface area contributed by atoms with Gasteiger partial charge in [-0.3, -0.25) is 4.40 Å². The van der Waals surface area contributed by atoms with E-state index in [9.17, 15) is 0 Å². The third-order valence-electron chi connectivity index (χ3n) is 4.85. The van der Waals surface area contributed by atoms with Crippen LogP contribution in [0.5, 0.6) is 0 Å². The number of nitrogens with one attached hydrogen (secondary N) is 1. The predicted molar refractivity (Wildman–Crippen MR) is 109 cm³/mol. The topological polar surface area (TPSA) is 29.3 Å². The van der Waals surface area contributed by atoms with Crippen LogP contribution in [-0.2, 0) is 0 Å². The van der Waals surface area contributed by atoms with Crippen molar-refractivity contribution >= 4 is 17.2 Å². The largest absolute Gasteiger partial charge is 0.339 e. The summed E-state index contributed by atoms with van der Waals surface area (Å²) in [6.07, 6.45) is 0. The summed E-state index contributed by atoms with van der Waals surface area (Å²) in [6, 6.07) is 21.1. The van der Waals surface area contributed by atoms with Gasteiger partial charge in [0, 0.05) is 16.9 Å². The standard InChI is InChI=1S/C23H23N3/c1-15-8-5-12-19(14-15)22-23(25-21-16(2)9-6-10-17(21)3)26-18(4)11-7-13-20(26)24-22/h5-14,25H,1-4H3. The van der Waals surface area contributed by atoms with Crippen LogP contribution in [0.3, 0.4) is 0 Å². The van der Waals surface area contributed by atoms with Gasteiger partial charge in [0.15, 0.2) is 0 Å². The van der Waals surface area contributed by atoms with Gasteiger partial charge in [-0.25, -0.2) is 4.98 Å². The number of para-hydroxylation sites is 1. The van der Waals surface area contributed by atoms with Gasteiger partial charge in [-0.05, 0) is 57.0 Å². The molecule has 130 valence electrons. The summed E-state index contributed by atoms with van der Waals surface area (Å²) < 4.78 is 2.20. The number of aromatic nitrogens is 2. The van der Waals surface area contributed by atoms with Crippen molar-refractivity contribution < 1.29 is 0 Å². The van der Waals surface area contributed by atoms with Crippen molar-refractivity contribution in [2.75, 3.05) is 5.32 Å². The van der Waals surface area contributed by atoms with Gasteiger partial charge in [-0.15, -0.1) is 0 Å². The summed E-state index contributed by atoms with van der Waals surface area (Å²) in [5.41, 5.74) is 9.04. The molecule has 4 aromatic rings. The average molecular weight is 341 g/mol. The molecular formula is C23H23N3. The summed E-state index contributed by atoms with van der Waals surface area (Å²) in [4.78, 5) is 4.94. The van der Waals surface area contributed by atoms with Gasteiger partial charge in [0.2, 0.25) is 0 Å². The van der Waals surface area contributed by atoms with E-state index in [0.29, 0.717) is 0 Å². The van der Waals surface area contributed by atoms with Gasteiger partial charge in [0.05, 0.1) is 0 Å². The molecule has 0 saturated carbocycles. The molecule has 0 aliphatic rings. The molecule has 2 aromatic heterocycles. The Kier molecular flexibility index (Phi) is 4.00. The molecule has 3 heteroatoms. The number of anilines is 2.